The largest absolute Gasteiger partial charge is 0.497 e. The van der Waals surface area contributed by atoms with Crippen molar-refractivity contribution in [3.05, 3.63) is 119 Å². The summed E-state index contributed by atoms with van der Waals surface area (Å²) in [7, 11) is 1.66. The van der Waals surface area contributed by atoms with Crippen molar-refractivity contribution in [3.63, 3.8) is 0 Å². The summed E-state index contributed by atoms with van der Waals surface area (Å²) >= 11 is 1.56. The predicted molar refractivity (Wildman–Crippen MR) is 173 cm³/mol. The number of ether oxygens (including phenoxy) is 1. The highest BCUT2D eigenvalue weighted by molar-refractivity contribution is 7.98. The number of thioether (sulfide) groups is 1. The molecule has 4 aromatic carbocycles. The molecule has 1 unspecified atom stereocenters. The number of carboxylic acids is 1. The van der Waals surface area contributed by atoms with E-state index in [9.17, 15) is 14.7 Å². The first-order chi connectivity index (χ1) is 20.3. The van der Waals surface area contributed by atoms with Crippen LogP contribution in [0.1, 0.15) is 39.0 Å². The normalized spacial score (nSPS) is 11.5. The van der Waals surface area contributed by atoms with Crippen LogP contribution in [0.2, 0.25) is 0 Å². The zero-order chi connectivity index (χ0) is 30.1. The van der Waals surface area contributed by atoms with Crippen LogP contribution in [0.25, 0.3) is 11.1 Å². The average Bonchev–Trinajstić information content (AvgIpc) is 2.99. The maximum atomic E-state index is 13.5. The van der Waals surface area contributed by atoms with Gasteiger partial charge >= 0.3 is 5.97 Å². The van der Waals surface area contributed by atoms with Gasteiger partial charge in [-0.3, -0.25) is 4.79 Å². The van der Waals surface area contributed by atoms with Crippen LogP contribution in [0.15, 0.2) is 91.0 Å². The standard InChI is InChI=1S/C35H38N2O4S/c1-24-9-14-28(15-10-24)37(22-26-11-16-29(41-3)17-12-26)23-27-13-18-31(32(21-27)30-8-6-5-7-25(30)2)34(38)36-33(35(39)40)19-20-42-4/h5-18,21,33H,19-20,22-23H2,1-4H3,(H,36,38)(H,39,40). The fraction of sp³-hybridized carbons (Fsp3) is 0.257. The Labute approximate surface area is 252 Å². The highest BCUT2D eigenvalue weighted by atomic mass is 32.2. The van der Waals surface area contributed by atoms with Crippen molar-refractivity contribution in [3.8, 4) is 16.9 Å². The monoisotopic (exact) mass is 582 g/mol. The third-order valence-electron chi connectivity index (χ3n) is 7.28. The van der Waals surface area contributed by atoms with Crippen molar-refractivity contribution in [2.24, 2.45) is 0 Å². The van der Waals surface area contributed by atoms with E-state index in [1.165, 1.54) is 5.56 Å². The Morgan fingerprint density at radius 3 is 2.19 bits per heavy atom. The Kier molecular flexibility index (Phi) is 10.7. The fourth-order valence-electron chi connectivity index (χ4n) is 4.88. The molecule has 0 heterocycles. The molecule has 0 fully saturated rings. The Balaban J connectivity index is 1.71. The first-order valence-electron chi connectivity index (χ1n) is 13.9. The van der Waals surface area contributed by atoms with E-state index in [2.05, 4.69) is 59.6 Å². The van der Waals surface area contributed by atoms with Crippen molar-refractivity contribution in [2.45, 2.75) is 39.4 Å². The lowest BCUT2D eigenvalue weighted by Gasteiger charge is -2.26. The maximum Gasteiger partial charge on any atom is 0.326 e. The molecule has 0 spiro atoms. The number of methoxy groups -OCH3 is 1. The van der Waals surface area contributed by atoms with E-state index in [0.29, 0.717) is 30.8 Å². The number of carbonyl (C=O) groups excluding carboxylic acids is 1. The molecule has 0 saturated heterocycles. The van der Waals surface area contributed by atoms with E-state index in [1.54, 1.807) is 18.9 Å². The van der Waals surface area contributed by atoms with Gasteiger partial charge in [-0.1, -0.05) is 60.2 Å². The molecular weight excluding hydrogens is 544 g/mol. The number of carbonyl (C=O) groups is 2. The molecule has 7 heteroatoms. The Morgan fingerprint density at radius 1 is 0.881 bits per heavy atom. The summed E-state index contributed by atoms with van der Waals surface area (Å²) in [5, 5.41) is 12.5. The second-order valence-corrected chi connectivity index (χ2v) is 11.4. The third kappa shape index (κ3) is 7.95. The maximum absolute atomic E-state index is 13.5. The van der Waals surface area contributed by atoms with Crippen molar-refractivity contribution < 1.29 is 19.4 Å². The second-order valence-electron chi connectivity index (χ2n) is 10.4. The quantitative estimate of drug-likeness (QED) is 0.175. The van der Waals surface area contributed by atoms with Crippen LogP contribution in [0.4, 0.5) is 5.69 Å². The minimum Gasteiger partial charge on any atom is -0.497 e. The zero-order valence-corrected chi connectivity index (χ0v) is 25.4. The number of carboxylic acid groups (broad SMARTS) is 1. The number of aliphatic carboxylic acids is 1. The number of nitrogens with one attached hydrogen (secondary N) is 1. The molecule has 0 radical (unpaired) electrons. The Morgan fingerprint density at radius 2 is 1.55 bits per heavy atom. The van der Waals surface area contributed by atoms with Gasteiger partial charge in [0.1, 0.15) is 11.8 Å². The van der Waals surface area contributed by atoms with Crippen LogP contribution in [0.3, 0.4) is 0 Å². The summed E-state index contributed by atoms with van der Waals surface area (Å²) in [6.45, 7) is 5.39. The molecule has 1 amide bonds. The van der Waals surface area contributed by atoms with Crippen molar-refractivity contribution in [1.29, 1.82) is 0 Å². The molecule has 42 heavy (non-hydrogen) atoms. The van der Waals surface area contributed by atoms with Crippen LogP contribution in [-0.2, 0) is 17.9 Å². The number of aryl methyl sites for hydroxylation is 2. The summed E-state index contributed by atoms with van der Waals surface area (Å²) in [5.74, 6) is 0.0424. The second kappa shape index (κ2) is 14.6. The lowest BCUT2D eigenvalue weighted by atomic mass is 9.93. The number of anilines is 1. The first-order valence-corrected chi connectivity index (χ1v) is 15.3. The molecule has 0 saturated carbocycles. The number of hydrogen-bond donors (Lipinski definition) is 2. The van der Waals surface area contributed by atoms with Crippen LogP contribution in [0.5, 0.6) is 5.75 Å². The van der Waals surface area contributed by atoms with Gasteiger partial charge in [0.2, 0.25) is 0 Å². The lowest BCUT2D eigenvalue weighted by molar-refractivity contribution is -0.139. The summed E-state index contributed by atoms with van der Waals surface area (Å²) in [6, 6.07) is 29.4. The smallest absolute Gasteiger partial charge is 0.326 e. The number of nitrogens with zero attached hydrogens (tertiary/aromatic N) is 1. The van der Waals surface area contributed by atoms with E-state index >= 15 is 0 Å². The molecule has 1 atom stereocenters. The lowest BCUT2D eigenvalue weighted by Crippen LogP contribution is -2.41. The van der Waals surface area contributed by atoms with Crippen LogP contribution >= 0.6 is 11.8 Å². The van der Waals surface area contributed by atoms with E-state index in [4.69, 9.17) is 4.74 Å². The molecule has 4 rings (SSSR count). The number of hydrogen-bond acceptors (Lipinski definition) is 5. The van der Waals surface area contributed by atoms with Crippen molar-refractivity contribution in [1.82, 2.24) is 5.32 Å². The number of benzene rings is 4. The summed E-state index contributed by atoms with van der Waals surface area (Å²) < 4.78 is 5.34. The van der Waals surface area contributed by atoms with E-state index in [0.717, 1.165) is 39.3 Å². The summed E-state index contributed by atoms with van der Waals surface area (Å²) in [6.07, 6.45) is 2.28. The topological polar surface area (TPSA) is 78.9 Å². The van der Waals surface area contributed by atoms with Gasteiger partial charge in [0.05, 0.1) is 7.11 Å². The summed E-state index contributed by atoms with van der Waals surface area (Å²) in [4.78, 5) is 27.7. The van der Waals surface area contributed by atoms with Crippen molar-refractivity contribution in [2.75, 3.05) is 24.0 Å². The van der Waals surface area contributed by atoms with Crippen LogP contribution in [0, 0.1) is 13.8 Å². The molecule has 0 aromatic heterocycles. The van der Waals surface area contributed by atoms with Gasteiger partial charge in [-0.2, -0.15) is 11.8 Å². The Bertz CT molecular complexity index is 1500. The van der Waals surface area contributed by atoms with E-state index in [-0.39, 0.29) is 5.91 Å². The molecule has 6 nitrogen and oxygen atoms in total. The highest BCUT2D eigenvalue weighted by Crippen LogP contribution is 2.30. The predicted octanol–water partition coefficient (Wildman–Crippen LogP) is 7.12. The highest BCUT2D eigenvalue weighted by Gasteiger charge is 2.23. The SMILES string of the molecule is COc1ccc(CN(Cc2ccc(C(=O)NC(CCSC)C(=O)O)c(-c3ccccc3C)c2)c2ccc(C)cc2)cc1. The van der Waals surface area contributed by atoms with Crippen LogP contribution < -0.4 is 15.0 Å². The van der Waals surface area contributed by atoms with Gasteiger partial charge in [-0.25, -0.2) is 4.79 Å². The van der Waals surface area contributed by atoms with Crippen LogP contribution in [-0.4, -0.2) is 42.1 Å². The van der Waals surface area contributed by atoms with Gasteiger partial charge in [0.25, 0.3) is 5.91 Å². The number of amides is 1. The van der Waals surface area contributed by atoms with Gasteiger partial charge in [-0.05, 0) is 96.5 Å². The zero-order valence-electron chi connectivity index (χ0n) is 24.6. The molecule has 218 valence electrons. The molecule has 0 aliphatic heterocycles. The van der Waals surface area contributed by atoms with Gasteiger partial charge < -0.3 is 20.1 Å². The fourth-order valence-corrected chi connectivity index (χ4v) is 5.35. The molecular formula is C35H38N2O4S. The third-order valence-corrected chi connectivity index (χ3v) is 7.93. The van der Waals surface area contributed by atoms with E-state index < -0.39 is 12.0 Å². The van der Waals surface area contributed by atoms with Crippen molar-refractivity contribution >= 4 is 29.3 Å². The van der Waals surface area contributed by atoms with E-state index in [1.807, 2.05) is 61.7 Å². The Hall–Kier alpha value is -4.23. The molecule has 0 bridgehead atoms. The molecule has 0 aliphatic carbocycles. The number of rotatable bonds is 13. The first kappa shape index (κ1) is 30.7. The molecule has 2 N–H and O–H groups in total. The summed E-state index contributed by atoms with van der Waals surface area (Å²) in [5.41, 5.74) is 7.69. The van der Waals surface area contributed by atoms with Gasteiger partial charge in [0, 0.05) is 24.3 Å². The molecule has 4 aromatic rings. The minimum absolute atomic E-state index is 0.358. The molecule has 0 aliphatic rings. The van der Waals surface area contributed by atoms with Gasteiger partial charge in [-0.15, -0.1) is 0 Å². The average molecular weight is 583 g/mol. The van der Waals surface area contributed by atoms with Gasteiger partial charge in [0.15, 0.2) is 0 Å². The minimum atomic E-state index is -1.03.